The molecule has 0 aliphatic carbocycles. The predicted octanol–water partition coefficient (Wildman–Crippen LogP) is 3.99. The van der Waals surface area contributed by atoms with Crippen molar-refractivity contribution in [1.82, 2.24) is 0 Å². The van der Waals surface area contributed by atoms with E-state index in [-0.39, 0.29) is 6.04 Å². The van der Waals surface area contributed by atoms with Crippen LogP contribution in [0.2, 0.25) is 0 Å². The monoisotopic (exact) mass is 299 g/mol. The quantitative estimate of drug-likeness (QED) is 0.928. The molecule has 0 aromatic heterocycles. The number of benzene rings is 2. The summed E-state index contributed by atoms with van der Waals surface area (Å²) in [5.74, 6) is 1.86. The van der Waals surface area contributed by atoms with E-state index in [1.807, 2.05) is 27.7 Å². The van der Waals surface area contributed by atoms with Crippen molar-refractivity contribution in [2.24, 2.45) is 5.73 Å². The third-order valence-corrected chi connectivity index (χ3v) is 4.09. The van der Waals surface area contributed by atoms with E-state index in [9.17, 15) is 0 Å². The van der Waals surface area contributed by atoms with E-state index in [2.05, 4.69) is 24.3 Å². The fraction of sp³-hybridized carbons (Fsp3) is 0.368. The molecule has 0 spiro atoms. The van der Waals surface area contributed by atoms with Gasteiger partial charge in [-0.15, -0.1) is 0 Å². The molecule has 2 rings (SSSR count). The van der Waals surface area contributed by atoms with E-state index in [1.54, 1.807) is 14.2 Å². The Morgan fingerprint density at radius 3 is 1.18 bits per heavy atom. The van der Waals surface area contributed by atoms with Gasteiger partial charge in [0.25, 0.3) is 0 Å². The van der Waals surface area contributed by atoms with Crippen molar-refractivity contribution < 1.29 is 9.47 Å². The van der Waals surface area contributed by atoms with Gasteiger partial charge in [-0.1, -0.05) is 24.3 Å². The molecule has 0 fully saturated rings. The van der Waals surface area contributed by atoms with E-state index in [4.69, 9.17) is 15.2 Å². The second kappa shape index (κ2) is 6.41. The molecular formula is C19H25NO2. The summed E-state index contributed by atoms with van der Waals surface area (Å²) in [4.78, 5) is 0. The lowest BCUT2D eigenvalue weighted by atomic mass is 9.93. The smallest absolute Gasteiger partial charge is 0.124 e. The third kappa shape index (κ3) is 2.95. The first-order valence-electron chi connectivity index (χ1n) is 7.44. The summed E-state index contributed by atoms with van der Waals surface area (Å²) in [5.41, 5.74) is 13.1. The van der Waals surface area contributed by atoms with Crippen LogP contribution in [-0.4, -0.2) is 14.2 Å². The minimum atomic E-state index is -0.161. The molecule has 3 heteroatoms. The number of hydrogen-bond acceptors (Lipinski definition) is 3. The summed E-state index contributed by atoms with van der Waals surface area (Å²) >= 11 is 0. The van der Waals surface area contributed by atoms with E-state index in [0.29, 0.717) is 0 Å². The summed E-state index contributed by atoms with van der Waals surface area (Å²) in [5, 5.41) is 0. The zero-order valence-corrected chi connectivity index (χ0v) is 14.3. The molecule has 0 aliphatic heterocycles. The summed E-state index contributed by atoms with van der Waals surface area (Å²) in [7, 11) is 3.40. The summed E-state index contributed by atoms with van der Waals surface area (Å²) in [6.07, 6.45) is 0. The van der Waals surface area contributed by atoms with Crippen LogP contribution in [0.4, 0.5) is 0 Å². The number of nitrogens with two attached hydrogens (primary N) is 1. The number of ether oxygens (including phenoxy) is 2. The zero-order chi connectivity index (χ0) is 16.4. The molecule has 22 heavy (non-hydrogen) atoms. The van der Waals surface area contributed by atoms with Gasteiger partial charge >= 0.3 is 0 Å². The maximum absolute atomic E-state index is 6.49. The number of hydrogen-bond donors (Lipinski definition) is 1. The van der Waals surface area contributed by atoms with E-state index in [1.165, 1.54) is 0 Å². The normalized spacial score (nSPS) is 10.9. The molecule has 2 aromatic rings. The number of rotatable bonds is 4. The average molecular weight is 299 g/mol. The molecule has 0 amide bonds. The summed E-state index contributed by atoms with van der Waals surface area (Å²) in [6.45, 7) is 8.19. The third-order valence-electron chi connectivity index (χ3n) is 4.09. The maximum Gasteiger partial charge on any atom is 0.124 e. The highest BCUT2D eigenvalue weighted by Gasteiger charge is 2.15. The van der Waals surface area contributed by atoms with Gasteiger partial charge in [-0.05, 0) is 61.1 Å². The fourth-order valence-electron chi connectivity index (χ4n) is 3.16. The second-order valence-corrected chi connectivity index (χ2v) is 5.85. The molecule has 0 bridgehead atoms. The fourth-order valence-corrected chi connectivity index (χ4v) is 3.16. The van der Waals surface area contributed by atoms with Crippen molar-refractivity contribution in [2.75, 3.05) is 14.2 Å². The molecule has 2 N–H and O–H groups in total. The highest BCUT2D eigenvalue weighted by Crippen LogP contribution is 2.32. The molecule has 3 nitrogen and oxygen atoms in total. The lowest BCUT2D eigenvalue weighted by Crippen LogP contribution is -2.13. The van der Waals surface area contributed by atoms with Crippen LogP contribution in [0, 0.1) is 27.7 Å². The van der Waals surface area contributed by atoms with Gasteiger partial charge in [-0.25, -0.2) is 0 Å². The van der Waals surface area contributed by atoms with Gasteiger partial charge in [0.15, 0.2) is 0 Å². The predicted molar refractivity (Wildman–Crippen MR) is 91.0 cm³/mol. The van der Waals surface area contributed by atoms with Gasteiger partial charge in [-0.3, -0.25) is 0 Å². The summed E-state index contributed by atoms with van der Waals surface area (Å²) in [6, 6.07) is 8.25. The van der Waals surface area contributed by atoms with Crippen LogP contribution in [0.3, 0.4) is 0 Å². The molecule has 0 saturated heterocycles. The molecule has 0 heterocycles. The highest BCUT2D eigenvalue weighted by atomic mass is 16.5. The van der Waals surface area contributed by atoms with Crippen molar-refractivity contribution in [3.8, 4) is 11.5 Å². The largest absolute Gasteiger partial charge is 0.496 e. The van der Waals surface area contributed by atoms with Gasteiger partial charge in [0.2, 0.25) is 0 Å². The topological polar surface area (TPSA) is 44.5 Å². The van der Waals surface area contributed by atoms with Crippen LogP contribution in [-0.2, 0) is 0 Å². The Morgan fingerprint density at radius 2 is 0.955 bits per heavy atom. The van der Waals surface area contributed by atoms with Gasteiger partial charge < -0.3 is 15.2 Å². The molecule has 118 valence electrons. The Hall–Kier alpha value is -2.00. The van der Waals surface area contributed by atoms with E-state index >= 15 is 0 Å². The average Bonchev–Trinajstić information content (AvgIpc) is 2.45. The molecule has 0 atom stereocenters. The van der Waals surface area contributed by atoms with Crippen molar-refractivity contribution in [3.05, 3.63) is 57.6 Å². The van der Waals surface area contributed by atoms with Crippen molar-refractivity contribution in [1.29, 1.82) is 0 Å². The SMILES string of the molecule is COc1c(C)cc(C(N)c2cc(C)c(OC)c(C)c2)cc1C. The van der Waals surface area contributed by atoms with Crippen LogP contribution < -0.4 is 15.2 Å². The van der Waals surface area contributed by atoms with E-state index in [0.717, 1.165) is 44.9 Å². The lowest BCUT2D eigenvalue weighted by molar-refractivity contribution is 0.408. The molecule has 0 aliphatic rings. The Kier molecular flexibility index (Phi) is 4.77. The first-order chi connectivity index (χ1) is 10.4. The van der Waals surface area contributed by atoms with Gasteiger partial charge in [0, 0.05) is 0 Å². The van der Waals surface area contributed by atoms with Crippen molar-refractivity contribution >= 4 is 0 Å². The van der Waals surface area contributed by atoms with Crippen LogP contribution in [0.15, 0.2) is 24.3 Å². The zero-order valence-electron chi connectivity index (χ0n) is 14.3. The van der Waals surface area contributed by atoms with Gasteiger partial charge in [0.05, 0.1) is 20.3 Å². The Bertz CT molecular complexity index is 586. The second-order valence-electron chi connectivity index (χ2n) is 5.85. The van der Waals surface area contributed by atoms with Crippen LogP contribution in [0.1, 0.15) is 39.4 Å². The minimum Gasteiger partial charge on any atom is -0.496 e. The lowest BCUT2D eigenvalue weighted by Gasteiger charge is -2.19. The molecule has 0 saturated carbocycles. The van der Waals surface area contributed by atoms with Gasteiger partial charge in [-0.2, -0.15) is 0 Å². The molecule has 2 aromatic carbocycles. The first-order valence-corrected chi connectivity index (χ1v) is 7.44. The van der Waals surface area contributed by atoms with Crippen molar-refractivity contribution in [3.63, 3.8) is 0 Å². The van der Waals surface area contributed by atoms with E-state index < -0.39 is 0 Å². The molecule has 0 radical (unpaired) electrons. The molecular weight excluding hydrogens is 274 g/mol. The van der Waals surface area contributed by atoms with Crippen LogP contribution in [0.5, 0.6) is 11.5 Å². The Balaban J connectivity index is 2.46. The maximum atomic E-state index is 6.49. The Labute approximate surface area is 133 Å². The first kappa shape index (κ1) is 16.4. The minimum absolute atomic E-state index is 0.161. The van der Waals surface area contributed by atoms with Gasteiger partial charge in [0.1, 0.15) is 11.5 Å². The van der Waals surface area contributed by atoms with Crippen LogP contribution >= 0.6 is 0 Å². The number of methoxy groups -OCH3 is 2. The molecule has 0 unspecified atom stereocenters. The Morgan fingerprint density at radius 1 is 0.682 bits per heavy atom. The standard InChI is InChI=1S/C19H25NO2/c1-11-7-15(8-12(2)18(11)21-5)17(20)16-9-13(3)19(22-6)14(4)10-16/h7-10,17H,20H2,1-6H3. The highest BCUT2D eigenvalue weighted by molar-refractivity contribution is 5.49. The summed E-state index contributed by atoms with van der Waals surface area (Å²) < 4.78 is 10.9. The van der Waals surface area contributed by atoms with Crippen LogP contribution in [0.25, 0.3) is 0 Å². The van der Waals surface area contributed by atoms with Crippen molar-refractivity contribution in [2.45, 2.75) is 33.7 Å². The number of aryl methyl sites for hydroxylation is 4.